The van der Waals surface area contributed by atoms with Gasteiger partial charge in [-0.3, -0.25) is 0 Å². The van der Waals surface area contributed by atoms with E-state index in [1.54, 1.807) is 0 Å². The molecule has 1 aromatic rings. The van der Waals surface area contributed by atoms with Crippen molar-refractivity contribution in [3.8, 4) is 0 Å². The highest BCUT2D eigenvalue weighted by Gasteiger charge is 2.37. The molecule has 1 heterocycles. The van der Waals surface area contributed by atoms with Crippen LogP contribution in [0.5, 0.6) is 0 Å². The first-order valence-corrected chi connectivity index (χ1v) is 6.45. The lowest BCUT2D eigenvalue weighted by molar-refractivity contribution is 0.210. The van der Waals surface area contributed by atoms with Crippen LogP contribution in [0.1, 0.15) is 58.7 Å². The molecule has 1 aromatic heterocycles. The van der Waals surface area contributed by atoms with E-state index in [1.807, 2.05) is 0 Å². The Hall–Kier alpha value is -0.970. The molecular formula is C12H23N5. The maximum atomic E-state index is 6.45. The van der Waals surface area contributed by atoms with E-state index >= 15 is 0 Å². The minimum Gasteiger partial charge on any atom is -0.319 e. The van der Waals surface area contributed by atoms with Crippen LogP contribution >= 0.6 is 0 Å². The number of hydrogen-bond acceptors (Lipinski definition) is 4. The molecule has 5 nitrogen and oxygen atoms in total. The number of hydrogen-bond donors (Lipinski definition) is 2. The average molecular weight is 237 g/mol. The second-order valence-corrected chi connectivity index (χ2v) is 6.39. The number of H-pyrrole nitrogens is 1. The second-order valence-electron chi connectivity index (χ2n) is 6.39. The van der Waals surface area contributed by atoms with Gasteiger partial charge in [-0.25, -0.2) is 0 Å². The first-order valence-electron chi connectivity index (χ1n) is 6.45. The second kappa shape index (κ2) is 4.37. The van der Waals surface area contributed by atoms with E-state index in [2.05, 4.69) is 41.4 Å². The van der Waals surface area contributed by atoms with Gasteiger partial charge in [-0.15, -0.1) is 10.2 Å². The van der Waals surface area contributed by atoms with Gasteiger partial charge in [0.1, 0.15) is 0 Å². The van der Waals surface area contributed by atoms with E-state index < -0.39 is 0 Å². The van der Waals surface area contributed by atoms with Crippen molar-refractivity contribution in [2.24, 2.45) is 17.1 Å². The Morgan fingerprint density at radius 1 is 1.29 bits per heavy atom. The lowest BCUT2D eigenvalue weighted by Crippen LogP contribution is -2.37. The zero-order valence-electron chi connectivity index (χ0n) is 11.0. The van der Waals surface area contributed by atoms with Crippen LogP contribution < -0.4 is 5.73 Å². The van der Waals surface area contributed by atoms with Crippen molar-refractivity contribution in [2.45, 2.75) is 58.4 Å². The Morgan fingerprint density at radius 2 is 2.06 bits per heavy atom. The van der Waals surface area contributed by atoms with Crippen molar-refractivity contribution in [1.82, 2.24) is 20.6 Å². The molecule has 1 saturated carbocycles. The van der Waals surface area contributed by atoms with E-state index in [1.165, 1.54) is 6.42 Å². The molecule has 0 aromatic carbocycles. The summed E-state index contributed by atoms with van der Waals surface area (Å²) in [5, 5.41) is 14.3. The van der Waals surface area contributed by atoms with Gasteiger partial charge in [-0.2, -0.15) is 5.21 Å². The number of aromatic amines is 1. The van der Waals surface area contributed by atoms with Crippen LogP contribution in [0, 0.1) is 11.3 Å². The third-order valence-corrected chi connectivity index (χ3v) is 4.13. The molecular weight excluding hydrogens is 214 g/mol. The first-order chi connectivity index (χ1) is 7.92. The van der Waals surface area contributed by atoms with Crippen LogP contribution in [-0.4, -0.2) is 20.6 Å². The van der Waals surface area contributed by atoms with Crippen LogP contribution in [0.4, 0.5) is 0 Å². The monoisotopic (exact) mass is 237 g/mol. The van der Waals surface area contributed by atoms with Gasteiger partial charge in [-0.05, 0) is 37.0 Å². The highest BCUT2D eigenvalue weighted by Crippen LogP contribution is 2.41. The fourth-order valence-electron chi connectivity index (χ4n) is 2.83. The molecule has 2 rings (SSSR count). The minimum absolute atomic E-state index is 0.364. The van der Waals surface area contributed by atoms with Gasteiger partial charge in [0.15, 0.2) is 5.82 Å². The van der Waals surface area contributed by atoms with Crippen molar-refractivity contribution in [3.63, 3.8) is 0 Å². The molecule has 0 bridgehead atoms. The van der Waals surface area contributed by atoms with E-state index in [-0.39, 0.29) is 5.54 Å². The summed E-state index contributed by atoms with van der Waals surface area (Å²) in [5.74, 6) is 1.41. The largest absolute Gasteiger partial charge is 0.319 e. The highest BCUT2D eigenvalue weighted by molar-refractivity contribution is 5.02. The van der Waals surface area contributed by atoms with Crippen molar-refractivity contribution in [1.29, 1.82) is 0 Å². The van der Waals surface area contributed by atoms with E-state index in [9.17, 15) is 0 Å². The number of tetrazole rings is 1. The normalized spacial score (nSPS) is 31.2. The lowest BCUT2D eigenvalue weighted by atomic mass is 9.76. The van der Waals surface area contributed by atoms with Gasteiger partial charge in [0.05, 0.1) is 5.54 Å². The minimum atomic E-state index is -0.382. The van der Waals surface area contributed by atoms with Crippen molar-refractivity contribution >= 4 is 0 Å². The Balaban J connectivity index is 2.10. The molecule has 0 radical (unpaired) electrons. The molecule has 2 unspecified atom stereocenters. The van der Waals surface area contributed by atoms with Crippen molar-refractivity contribution in [3.05, 3.63) is 5.82 Å². The quantitative estimate of drug-likeness (QED) is 0.732. The predicted octanol–water partition coefficient (Wildman–Crippen LogP) is 1.98. The molecule has 0 amide bonds. The highest BCUT2D eigenvalue weighted by atomic mass is 15.5. The molecule has 1 aliphatic carbocycles. The number of nitrogens with zero attached hydrogens (tertiary/aromatic N) is 3. The molecule has 1 aliphatic rings. The van der Waals surface area contributed by atoms with Gasteiger partial charge < -0.3 is 5.73 Å². The van der Waals surface area contributed by atoms with Gasteiger partial charge in [0.2, 0.25) is 0 Å². The van der Waals surface area contributed by atoms with Gasteiger partial charge >= 0.3 is 0 Å². The predicted molar refractivity (Wildman–Crippen MR) is 66.1 cm³/mol. The topological polar surface area (TPSA) is 80.5 Å². The summed E-state index contributed by atoms with van der Waals surface area (Å²) in [4.78, 5) is 0. The van der Waals surface area contributed by atoms with Crippen LogP contribution in [-0.2, 0) is 5.54 Å². The number of aromatic nitrogens is 4. The summed E-state index contributed by atoms with van der Waals surface area (Å²) in [6, 6.07) is 0. The van der Waals surface area contributed by atoms with Crippen LogP contribution in [0.2, 0.25) is 0 Å². The van der Waals surface area contributed by atoms with Crippen LogP contribution in [0.3, 0.4) is 0 Å². The zero-order valence-corrected chi connectivity index (χ0v) is 11.0. The maximum Gasteiger partial charge on any atom is 0.194 e. The summed E-state index contributed by atoms with van der Waals surface area (Å²) in [7, 11) is 0. The molecule has 0 saturated heterocycles. The summed E-state index contributed by atoms with van der Waals surface area (Å²) in [6.45, 7) is 6.95. The van der Waals surface area contributed by atoms with Crippen LogP contribution in [0.25, 0.3) is 0 Å². The Kier molecular flexibility index (Phi) is 3.21. The SMILES string of the molecule is CC(C)(C)C1CCCC(N)(c2nn[nH]n2)CC1. The fraction of sp³-hybridized carbons (Fsp3) is 0.917. The molecule has 17 heavy (non-hydrogen) atoms. The fourth-order valence-corrected chi connectivity index (χ4v) is 2.83. The molecule has 1 fully saturated rings. The molecule has 3 N–H and O–H groups in total. The molecule has 0 spiro atoms. The smallest absolute Gasteiger partial charge is 0.194 e. The number of nitrogens with one attached hydrogen (secondary N) is 1. The molecule has 5 heteroatoms. The zero-order chi connectivity index (χ0) is 12.5. The summed E-state index contributed by atoms with van der Waals surface area (Å²) in [5.41, 5.74) is 6.43. The van der Waals surface area contributed by atoms with Crippen LogP contribution in [0.15, 0.2) is 0 Å². The lowest BCUT2D eigenvalue weighted by Gasteiger charge is -2.30. The third kappa shape index (κ3) is 2.65. The first kappa shape index (κ1) is 12.5. The Bertz CT molecular complexity index is 353. The Morgan fingerprint density at radius 3 is 2.65 bits per heavy atom. The van der Waals surface area contributed by atoms with Gasteiger partial charge in [-0.1, -0.05) is 32.4 Å². The molecule has 2 atom stereocenters. The van der Waals surface area contributed by atoms with Gasteiger partial charge in [0, 0.05) is 0 Å². The number of rotatable bonds is 1. The summed E-state index contributed by atoms with van der Waals surface area (Å²) < 4.78 is 0. The maximum absolute atomic E-state index is 6.45. The summed E-state index contributed by atoms with van der Waals surface area (Å²) >= 11 is 0. The molecule has 0 aliphatic heterocycles. The van der Waals surface area contributed by atoms with Crippen molar-refractivity contribution in [2.75, 3.05) is 0 Å². The third-order valence-electron chi connectivity index (χ3n) is 4.13. The van der Waals surface area contributed by atoms with Crippen molar-refractivity contribution < 1.29 is 0 Å². The average Bonchev–Trinajstić information content (AvgIpc) is 2.68. The summed E-state index contributed by atoms with van der Waals surface area (Å²) in [6.07, 6.45) is 5.45. The number of nitrogens with two attached hydrogens (primary N) is 1. The Labute approximate surface area is 103 Å². The standard InChI is InChI=1S/C12H23N5/c1-11(2,3)9-5-4-7-12(13,8-6-9)10-14-16-17-15-10/h9H,4-8,13H2,1-3H3,(H,14,15,16,17). The van der Waals surface area contributed by atoms with Gasteiger partial charge in [0.25, 0.3) is 0 Å². The molecule has 96 valence electrons. The van der Waals surface area contributed by atoms with E-state index in [0.29, 0.717) is 11.2 Å². The van der Waals surface area contributed by atoms with E-state index in [4.69, 9.17) is 5.73 Å². The van der Waals surface area contributed by atoms with E-state index in [0.717, 1.165) is 31.6 Å².